The highest BCUT2D eigenvalue weighted by atomic mass is 16.5. The molecule has 3 aliphatic heterocycles. The number of aromatic nitrogens is 2. The van der Waals surface area contributed by atoms with Crippen LogP contribution in [0.2, 0.25) is 0 Å². The van der Waals surface area contributed by atoms with Crippen molar-refractivity contribution in [3.05, 3.63) is 119 Å². The van der Waals surface area contributed by atoms with Gasteiger partial charge in [-0.05, 0) is 64.9 Å². The molecule has 0 radical (unpaired) electrons. The summed E-state index contributed by atoms with van der Waals surface area (Å²) in [5.74, 6) is 2.18. The molecule has 1 aliphatic carbocycles. The number of benzene rings is 4. The summed E-state index contributed by atoms with van der Waals surface area (Å²) in [4.78, 5) is 10.8. The Balaban J connectivity index is 1.20. The highest BCUT2D eigenvalue weighted by molar-refractivity contribution is 6.15. The zero-order chi connectivity index (χ0) is 29.6. The van der Waals surface area contributed by atoms with Gasteiger partial charge >= 0.3 is 0 Å². The van der Waals surface area contributed by atoms with E-state index < -0.39 is 0 Å². The van der Waals surface area contributed by atoms with Gasteiger partial charge < -0.3 is 9.15 Å². The second-order valence-electron chi connectivity index (χ2n) is 13.8. The summed E-state index contributed by atoms with van der Waals surface area (Å²) in [7, 11) is 0. The van der Waals surface area contributed by atoms with Gasteiger partial charge in [0.15, 0.2) is 0 Å². The predicted octanol–water partition coefficient (Wildman–Crippen LogP) is 10.2. The molecule has 0 spiro atoms. The van der Waals surface area contributed by atoms with Gasteiger partial charge in [0.05, 0.1) is 40.0 Å². The van der Waals surface area contributed by atoms with Crippen LogP contribution in [0.25, 0.3) is 66.2 Å². The summed E-state index contributed by atoms with van der Waals surface area (Å²) in [5.41, 5.74) is 14.3. The Hall–Kier alpha value is -4.80. The molecule has 2 unspecified atom stereocenters. The van der Waals surface area contributed by atoms with Crippen molar-refractivity contribution >= 4 is 32.6 Å². The number of pyridine rings is 2. The Morgan fingerprint density at radius 2 is 1.18 bits per heavy atom. The second-order valence-corrected chi connectivity index (χ2v) is 13.8. The van der Waals surface area contributed by atoms with Crippen molar-refractivity contribution in [3.63, 3.8) is 0 Å². The lowest BCUT2D eigenvalue weighted by atomic mass is 9.81. The standard InChI is InChI=1S/C41H30N2O2/c1-41(2)27-19-29-25(35-31-13-15-33(44-31)37(35)39(42-29)21-9-5-3-6-10-21)17-23(27)24-18-26-30(20-28(24)41)43-40(22-11-7-4-8-12-22)38-34-16-14-32(45-34)36(26)38/h3-12,17-20,31,33H,13-16H2,1-2H3. The van der Waals surface area contributed by atoms with E-state index in [4.69, 9.17) is 19.1 Å². The van der Waals surface area contributed by atoms with Gasteiger partial charge in [-0.2, -0.15) is 0 Å². The fraction of sp³-hybridized carbons (Fsp3) is 0.220. The summed E-state index contributed by atoms with van der Waals surface area (Å²) in [6.45, 7) is 4.71. The van der Waals surface area contributed by atoms with Crippen LogP contribution < -0.4 is 0 Å². The van der Waals surface area contributed by atoms with Crippen LogP contribution in [-0.4, -0.2) is 9.97 Å². The van der Waals surface area contributed by atoms with E-state index in [0.29, 0.717) is 0 Å². The molecule has 45 heavy (non-hydrogen) atoms. The second kappa shape index (κ2) is 8.26. The predicted molar refractivity (Wildman–Crippen MR) is 178 cm³/mol. The normalized spacial score (nSPS) is 20.0. The molecule has 4 heteroatoms. The third-order valence-corrected chi connectivity index (χ3v) is 11.1. The van der Waals surface area contributed by atoms with Crippen molar-refractivity contribution in [3.8, 4) is 33.6 Å². The summed E-state index contributed by atoms with van der Waals surface area (Å²) >= 11 is 0. The number of hydrogen-bond acceptors (Lipinski definition) is 4. The number of ether oxygens (including phenoxy) is 1. The zero-order valence-corrected chi connectivity index (χ0v) is 25.3. The molecular formula is C41H30N2O2. The van der Waals surface area contributed by atoms with Gasteiger partial charge in [0, 0.05) is 51.1 Å². The summed E-state index contributed by atoms with van der Waals surface area (Å²) < 4.78 is 13.0. The minimum Gasteiger partial charge on any atom is -0.465 e. The molecule has 216 valence electrons. The number of furan rings is 1. The van der Waals surface area contributed by atoms with Crippen LogP contribution in [0.4, 0.5) is 0 Å². The van der Waals surface area contributed by atoms with Crippen LogP contribution in [0.15, 0.2) is 89.3 Å². The average Bonchev–Trinajstić information content (AvgIpc) is 3.92. The maximum atomic E-state index is 6.56. The quantitative estimate of drug-likeness (QED) is 0.203. The average molecular weight is 583 g/mol. The fourth-order valence-electron chi connectivity index (χ4n) is 9.03. The Morgan fingerprint density at radius 3 is 1.87 bits per heavy atom. The van der Waals surface area contributed by atoms with Crippen molar-refractivity contribution in [2.45, 2.75) is 57.2 Å². The molecule has 1 fully saturated rings. The molecular weight excluding hydrogens is 552 g/mol. The third kappa shape index (κ3) is 3.06. The van der Waals surface area contributed by atoms with Crippen molar-refractivity contribution in [2.24, 2.45) is 0 Å². The highest BCUT2D eigenvalue weighted by Gasteiger charge is 2.43. The smallest absolute Gasteiger partial charge is 0.114 e. The first kappa shape index (κ1) is 24.5. The van der Waals surface area contributed by atoms with Gasteiger partial charge in [-0.25, -0.2) is 9.97 Å². The minimum atomic E-state index is -0.193. The zero-order valence-electron chi connectivity index (χ0n) is 25.3. The van der Waals surface area contributed by atoms with Gasteiger partial charge in [0.25, 0.3) is 0 Å². The van der Waals surface area contributed by atoms with Crippen LogP contribution in [-0.2, 0) is 23.0 Å². The van der Waals surface area contributed by atoms with Crippen LogP contribution in [0.1, 0.15) is 72.7 Å². The molecule has 4 aliphatic rings. The Bertz CT molecular complexity index is 2440. The monoisotopic (exact) mass is 582 g/mol. The van der Waals surface area contributed by atoms with Crippen molar-refractivity contribution in [1.82, 2.24) is 9.97 Å². The number of rotatable bonds is 2. The van der Waals surface area contributed by atoms with E-state index in [2.05, 4.69) is 98.8 Å². The minimum absolute atomic E-state index is 0.135. The summed E-state index contributed by atoms with van der Waals surface area (Å²) in [5, 5.41) is 4.88. The van der Waals surface area contributed by atoms with Crippen LogP contribution >= 0.6 is 0 Å². The van der Waals surface area contributed by atoms with Crippen molar-refractivity contribution < 1.29 is 9.15 Å². The molecule has 3 aromatic heterocycles. The Morgan fingerprint density at radius 1 is 0.622 bits per heavy atom. The maximum absolute atomic E-state index is 6.56. The molecule has 6 heterocycles. The van der Waals surface area contributed by atoms with Gasteiger partial charge in [0.2, 0.25) is 0 Å². The van der Waals surface area contributed by atoms with E-state index in [1.54, 1.807) is 0 Å². The largest absolute Gasteiger partial charge is 0.465 e. The van der Waals surface area contributed by atoms with Gasteiger partial charge in [-0.1, -0.05) is 74.5 Å². The van der Waals surface area contributed by atoms with Crippen molar-refractivity contribution in [1.29, 1.82) is 0 Å². The number of aryl methyl sites for hydroxylation is 2. The molecule has 1 saturated heterocycles. The first-order valence-electron chi connectivity index (χ1n) is 16.3. The Kier molecular flexibility index (Phi) is 4.50. The van der Waals surface area contributed by atoms with E-state index in [1.165, 1.54) is 60.5 Å². The Labute approximate surface area is 260 Å². The molecule has 11 rings (SSSR count). The molecule has 7 aromatic rings. The van der Waals surface area contributed by atoms with Gasteiger partial charge in [-0.15, -0.1) is 0 Å². The van der Waals surface area contributed by atoms with Gasteiger partial charge in [-0.3, -0.25) is 0 Å². The van der Waals surface area contributed by atoms with E-state index in [-0.39, 0.29) is 17.6 Å². The number of hydrogen-bond donors (Lipinski definition) is 0. The molecule has 2 atom stereocenters. The highest BCUT2D eigenvalue weighted by Crippen LogP contribution is 2.58. The van der Waals surface area contributed by atoms with Crippen LogP contribution in [0.3, 0.4) is 0 Å². The van der Waals surface area contributed by atoms with E-state index >= 15 is 0 Å². The molecule has 0 saturated carbocycles. The molecule has 4 nitrogen and oxygen atoms in total. The lowest BCUT2D eigenvalue weighted by molar-refractivity contribution is 0.0722. The first-order chi connectivity index (χ1) is 22.0. The topological polar surface area (TPSA) is 48.2 Å². The summed E-state index contributed by atoms with van der Waals surface area (Å²) in [6, 6.07) is 30.8. The van der Waals surface area contributed by atoms with Crippen LogP contribution in [0, 0.1) is 0 Å². The lowest BCUT2D eigenvalue weighted by Crippen LogP contribution is -2.15. The molecule has 0 N–H and O–H groups in total. The van der Waals surface area contributed by atoms with E-state index in [0.717, 1.165) is 65.2 Å². The molecule has 4 aromatic carbocycles. The SMILES string of the molecule is CC1(C)c2cc3nc(-c4ccccc4)c4c(c3cc2-c2cc3c(cc21)nc(-c1ccccc1)c1c2oc(c13)CC2)C1CCC4O1. The molecule has 0 amide bonds. The van der Waals surface area contributed by atoms with Crippen LogP contribution in [0.5, 0.6) is 0 Å². The summed E-state index contributed by atoms with van der Waals surface area (Å²) in [6.07, 6.45) is 4.34. The fourth-order valence-corrected chi connectivity index (χ4v) is 9.03. The third-order valence-electron chi connectivity index (χ3n) is 11.1. The number of nitrogens with zero attached hydrogens (tertiary/aromatic N) is 2. The van der Waals surface area contributed by atoms with Gasteiger partial charge in [0.1, 0.15) is 11.5 Å². The molecule has 4 bridgehead atoms. The lowest BCUT2D eigenvalue weighted by Gasteiger charge is -2.23. The first-order valence-corrected chi connectivity index (χ1v) is 16.3. The number of fused-ring (bicyclic) bond motifs is 17. The van der Waals surface area contributed by atoms with E-state index in [1.807, 2.05) is 0 Å². The van der Waals surface area contributed by atoms with E-state index in [9.17, 15) is 0 Å². The maximum Gasteiger partial charge on any atom is 0.114 e. The van der Waals surface area contributed by atoms with Crippen molar-refractivity contribution in [2.75, 3.05) is 0 Å².